The number of carbonyl (C=O) groups excluding carboxylic acids is 1. The maximum absolute atomic E-state index is 12.7. The van der Waals surface area contributed by atoms with Gasteiger partial charge in [-0.3, -0.25) is 4.79 Å². The van der Waals surface area contributed by atoms with Crippen molar-refractivity contribution in [3.8, 4) is 0 Å². The number of hydrogen-bond donors (Lipinski definition) is 3. The third kappa shape index (κ3) is 4.81. The Bertz CT molecular complexity index is 543. The molecule has 4 heteroatoms. The molecule has 1 amide bonds. The molecule has 4 nitrogen and oxygen atoms in total. The summed E-state index contributed by atoms with van der Waals surface area (Å²) in [6.07, 6.45) is 2.49. The topological polar surface area (TPSA) is 69.6 Å². The third-order valence-corrected chi connectivity index (χ3v) is 5.35. The van der Waals surface area contributed by atoms with Crippen molar-refractivity contribution in [2.75, 3.05) is 6.54 Å². The molecule has 2 unspecified atom stereocenters. The van der Waals surface area contributed by atoms with Crippen molar-refractivity contribution in [1.29, 1.82) is 0 Å². The summed E-state index contributed by atoms with van der Waals surface area (Å²) >= 11 is 0. The summed E-state index contributed by atoms with van der Waals surface area (Å²) in [5.41, 5.74) is 1.48. The van der Waals surface area contributed by atoms with Gasteiger partial charge in [-0.05, 0) is 41.7 Å². The summed E-state index contributed by atoms with van der Waals surface area (Å²) in [5.74, 6) is 1.62. The van der Waals surface area contributed by atoms with Crippen LogP contribution in [0.15, 0.2) is 24.3 Å². The fraction of sp³-hybridized carbons (Fsp3) is 0.650. The van der Waals surface area contributed by atoms with Crippen LogP contribution in [0.3, 0.4) is 0 Å². The van der Waals surface area contributed by atoms with Crippen LogP contribution in [0.25, 0.3) is 0 Å². The molecule has 0 saturated heterocycles. The first kappa shape index (κ1) is 18.9. The highest BCUT2D eigenvalue weighted by atomic mass is 16.3. The van der Waals surface area contributed by atoms with E-state index in [4.69, 9.17) is 0 Å². The summed E-state index contributed by atoms with van der Waals surface area (Å²) in [6.45, 7) is 6.75. The third-order valence-electron chi connectivity index (χ3n) is 5.35. The van der Waals surface area contributed by atoms with Crippen molar-refractivity contribution in [2.24, 2.45) is 23.7 Å². The highest BCUT2D eigenvalue weighted by Gasteiger charge is 2.35. The molecule has 0 aromatic heterocycles. The maximum Gasteiger partial charge on any atom is 0.223 e. The van der Waals surface area contributed by atoms with E-state index < -0.39 is 6.10 Å². The smallest absolute Gasteiger partial charge is 0.223 e. The normalized spacial score (nSPS) is 25.5. The Hall–Kier alpha value is -1.39. The second kappa shape index (κ2) is 8.63. The second-order valence-corrected chi connectivity index (χ2v) is 7.60. The van der Waals surface area contributed by atoms with E-state index in [1.807, 2.05) is 18.2 Å². The summed E-state index contributed by atoms with van der Waals surface area (Å²) in [4.78, 5) is 12.7. The highest BCUT2D eigenvalue weighted by Crippen LogP contribution is 2.38. The first-order chi connectivity index (χ1) is 11.4. The molecule has 3 N–H and O–H groups in total. The molecule has 134 valence electrons. The van der Waals surface area contributed by atoms with Gasteiger partial charge < -0.3 is 15.5 Å². The Balaban J connectivity index is 1.95. The Morgan fingerprint density at radius 2 is 2.08 bits per heavy atom. The molecule has 1 aromatic rings. The second-order valence-electron chi connectivity index (χ2n) is 7.60. The molecule has 1 saturated carbocycles. The number of rotatable bonds is 6. The van der Waals surface area contributed by atoms with Crippen molar-refractivity contribution in [3.05, 3.63) is 35.4 Å². The molecular weight excluding hydrogens is 302 g/mol. The molecule has 0 radical (unpaired) electrons. The largest absolute Gasteiger partial charge is 0.392 e. The van der Waals surface area contributed by atoms with Gasteiger partial charge in [0.25, 0.3) is 0 Å². The summed E-state index contributed by atoms with van der Waals surface area (Å²) < 4.78 is 0. The number of hydrogen-bond acceptors (Lipinski definition) is 3. The molecule has 1 aliphatic carbocycles. The molecule has 2 rings (SSSR count). The lowest BCUT2D eigenvalue weighted by Crippen LogP contribution is -2.41. The minimum Gasteiger partial charge on any atom is -0.392 e. The van der Waals surface area contributed by atoms with Crippen LogP contribution in [-0.2, 0) is 11.4 Å². The molecule has 0 aliphatic heterocycles. The number of amides is 1. The van der Waals surface area contributed by atoms with E-state index in [1.165, 1.54) is 6.42 Å². The number of aliphatic hydroxyl groups is 2. The lowest BCUT2D eigenvalue weighted by molar-refractivity contribution is -0.129. The molecule has 24 heavy (non-hydrogen) atoms. The van der Waals surface area contributed by atoms with E-state index in [2.05, 4.69) is 26.1 Å². The van der Waals surface area contributed by atoms with Crippen LogP contribution in [0, 0.1) is 23.7 Å². The van der Waals surface area contributed by atoms with Gasteiger partial charge in [0.15, 0.2) is 0 Å². The lowest BCUT2D eigenvalue weighted by Gasteiger charge is -2.36. The minimum atomic E-state index is -0.751. The van der Waals surface area contributed by atoms with E-state index in [-0.39, 0.29) is 25.0 Å². The molecule has 1 fully saturated rings. The van der Waals surface area contributed by atoms with Crippen LogP contribution < -0.4 is 5.32 Å². The molecule has 0 heterocycles. The first-order valence-corrected chi connectivity index (χ1v) is 9.07. The molecule has 4 atom stereocenters. The van der Waals surface area contributed by atoms with Gasteiger partial charge >= 0.3 is 0 Å². The quantitative estimate of drug-likeness (QED) is 0.749. The van der Waals surface area contributed by atoms with Gasteiger partial charge in [-0.25, -0.2) is 0 Å². The van der Waals surface area contributed by atoms with Gasteiger partial charge in [0.05, 0.1) is 12.7 Å². The van der Waals surface area contributed by atoms with Crippen molar-refractivity contribution >= 4 is 5.91 Å². The van der Waals surface area contributed by atoms with E-state index in [1.54, 1.807) is 6.07 Å². The fourth-order valence-corrected chi connectivity index (χ4v) is 3.85. The van der Waals surface area contributed by atoms with Crippen LogP contribution >= 0.6 is 0 Å². The van der Waals surface area contributed by atoms with E-state index in [9.17, 15) is 15.0 Å². The van der Waals surface area contributed by atoms with Crippen LogP contribution in [0.2, 0.25) is 0 Å². The number of benzene rings is 1. The molecule has 0 bridgehead atoms. The zero-order chi connectivity index (χ0) is 17.7. The highest BCUT2D eigenvalue weighted by molar-refractivity contribution is 5.79. The zero-order valence-corrected chi connectivity index (χ0v) is 15.0. The van der Waals surface area contributed by atoms with Crippen molar-refractivity contribution in [3.63, 3.8) is 0 Å². The average Bonchev–Trinajstić information content (AvgIpc) is 2.58. The maximum atomic E-state index is 12.7. The minimum absolute atomic E-state index is 0.0460. The molecule has 1 aliphatic rings. The molecular formula is C20H31NO3. The van der Waals surface area contributed by atoms with Crippen LogP contribution in [-0.4, -0.2) is 22.7 Å². The fourth-order valence-electron chi connectivity index (χ4n) is 3.85. The van der Waals surface area contributed by atoms with Gasteiger partial charge in [-0.2, -0.15) is 0 Å². The van der Waals surface area contributed by atoms with Crippen LogP contribution in [0.1, 0.15) is 57.3 Å². The predicted molar refractivity (Wildman–Crippen MR) is 95.2 cm³/mol. The van der Waals surface area contributed by atoms with Gasteiger partial charge in [-0.15, -0.1) is 0 Å². The lowest BCUT2D eigenvalue weighted by atomic mass is 9.70. The molecule has 1 aromatic carbocycles. The average molecular weight is 333 g/mol. The first-order valence-electron chi connectivity index (χ1n) is 9.07. The Kier molecular flexibility index (Phi) is 6.81. The van der Waals surface area contributed by atoms with Crippen molar-refractivity contribution < 1.29 is 15.0 Å². The summed E-state index contributed by atoms with van der Waals surface area (Å²) in [6, 6.07) is 7.21. The summed E-state index contributed by atoms with van der Waals surface area (Å²) in [5, 5.41) is 22.4. The van der Waals surface area contributed by atoms with E-state index in [0.29, 0.717) is 17.8 Å². The Morgan fingerprint density at radius 1 is 1.33 bits per heavy atom. The van der Waals surface area contributed by atoms with Crippen molar-refractivity contribution in [2.45, 2.75) is 52.7 Å². The number of aliphatic hydroxyl groups excluding tert-OH is 2. The van der Waals surface area contributed by atoms with Crippen LogP contribution in [0.5, 0.6) is 0 Å². The number of carbonyl (C=O) groups is 1. The predicted octanol–water partition coefficient (Wildman–Crippen LogP) is 3.04. The van der Waals surface area contributed by atoms with Crippen molar-refractivity contribution in [1.82, 2.24) is 5.32 Å². The SMILES string of the molecule is CC1CC[C@@H](C(C)C)[C@H](C(=O)NCC(O)c2cccc(CO)c2)C1. The number of nitrogens with one attached hydrogen (secondary N) is 1. The van der Waals surface area contributed by atoms with E-state index >= 15 is 0 Å². The van der Waals surface area contributed by atoms with Gasteiger partial charge in [0, 0.05) is 12.5 Å². The standard InChI is InChI=1S/C20H31NO3/c1-13(2)17-8-7-14(3)9-18(17)20(24)21-11-19(23)16-6-4-5-15(10-16)12-22/h4-6,10,13-14,17-19,22-23H,7-9,11-12H2,1-3H3,(H,21,24)/t14?,17-,18+,19?/m0/s1. The summed E-state index contributed by atoms with van der Waals surface area (Å²) in [7, 11) is 0. The van der Waals surface area contributed by atoms with E-state index in [0.717, 1.165) is 24.0 Å². The Morgan fingerprint density at radius 3 is 2.75 bits per heavy atom. The Labute approximate surface area is 145 Å². The molecule has 0 spiro atoms. The zero-order valence-electron chi connectivity index (χ0n) is 15.0. The van der Waals surface area contributed by atoms with Gasteiger partial charge in [0.1, 0.15) is 0 Å². The monoisotopic (exact) mass is 333 g/mol. The van der Waals surface area contributed by atoms with Crippen LogP contribution in [0.4, 0.5) is 0 Å². The van der Waals surface area contributed by atoms with Gasteiger partial charge in [0.2, 0.25) is 5.91 Å². The van der Waals surface area contributed by atoms with Gasteiger partial charge in [-0.1, -0.05) is 51.5 Å².